The Balaban J connectivity index is 1.84. The van der Waals surface area contributed by atoms with E-state index >= 15 is 0 Å². The van der Waals surface area contributed by atoms with Crippen LogP contribution in [-0.4, -0.2) is 59.6 Å². The van der Waals surface area contributed by atoms with Crippen molar-refractivity contribution >= 4 is 5.91 Å². The Kier molecular flexibility index (Phi) is 5.45. The van der Waals surface area contributed by atoms with Crippen LogP contribution in [0, 0.1) is 5.82 Å². The van der Waals surface area contributed by atoms with Gasteiger partial charge in [0.2, 0.25) is 0 Å². The molecule has 6 nitrogen and oxygen atoms in total. The molecule has 0 aliphatic carbocycles. The monoisotopic (exact) mass is 345 g/mol. The number of amides is 1. The minimum atomic E-state index is -0.295. The second kappa shape index (κ2) is 7.76. The van der Waals surface area contributed by atoms with Crippen LogP contribution in [0.2, 0.25) is 0 Å². The molecule has 0 saturated carbocycles. The van der Waals surface area contributed by atoms with Crippen LogP contribution in [0.3, 0.4) is 0 Å². The normalized spacial score (nSPS) is 13.8. The first-order valence-electron chi connectivity index (χ1n) is 8.50. The average molecular weight is 345 g/mol. The van der Waals surface area contributed by atoms with Crippen molar-refractivity contribution in [1.82, 2.24) is 25.3 Å². The number of likely N-dealkylation sites (N-methyl/N-ethyl adjacent to an activating group) is 1. The van der Waals surface area contributed by atoms with Crippen LogP contribution in [0.25, 0.3) is 0 Å². The van der Waals surface area contributed by atoms with E-state index in [2.05, 4.69) is 15.5 Å². The predicted octanol–water partition coefficient (Wildman–Crippen LogP) is 1.40. The maximum Gasteiger partial charge on any atom is 0.275 e. The third-order valence-electron chi connectivity index (χ3n) is 4.43. The highest BCUT2D eigenvalue weighted by Crippen LogP contribution is 2.19. The quantitative estimate of drug-likeness (QED) is 0.831. The van der Waals surface area contributed by atoms with Gasteiger partial charge in [0, 0.05) is 56.0 Å². The fourth-order valence-electron chi connectivity index (χ4n) is 2.96. The molecule has 2 aromatic rings. The van der Waals surface area contributed by atoms with Gasteiger partial charge in [0.15, 0.2) is 5.69 Å². The summed E-state index contributed by atoms with van der Waals surface area (Å²) >= 11 is 0. The molecule has 25 heavy (non-hydrogen) atoms. The predicted molar refractivity (Wildman–Crippen MR) is 93.7 cm³/mol. The van der Waals surface area contributed by atoms with Gasteiger partial charge in [0.25, 0.3) is 5.91 Å². The van der Waals surface area contributed by atoms with E-state index in [9.17, 15) is 9.18 Å². The Hall–Kier alpha value is -2.25. The van der Waals surface area contributed by atoms with Crippen molar-refractivity contribution in [2.24, 2.45) is 0 Å². The third-order valence-corrected chi connectivity index (χ3v) is 4.43. The highest BCUT2D eigenvalue weighted by molar-refractivity contribution is 5.94. The van der Waals surface area contributed by atoms with E-state index in [-0.39, 0.29) is 18.3 Å². The Morgan fingerprint density at radius 3 is 2.84 bits per heavy atom. The zero-order valence-corrected chi connectivity index (χ0v) is 14.7. The Bertz CT molecular complexity index is 743. The highest BCUT2D eigenvalue weighted by Gasteiger charge is 2.26. The van der Waals surface area contributed by atoms with Crippen molar-refractivity contribution in [1.29, 1.82) is 0 Å². The Labute approximate surface area is 147 Å². The zero-order valence-electron chi connectivity index (χ0n) is 14.7. The summed E-state index contributed by atoms with van der Waals surface area (Å²) in [6, 6.07) is 6.57. The molecule has 0 radical (unpaired) electrons. The number of halogens is 1. The van der Waals surface area contributed by atoms with E-state index in [4.69, 9.17) is 0 Å². The summed E-state index contributed by atoms with van der Waals surface area (Å²) in [7, 11) is 3.90. The lowest BCUT2D eigenvalue weighted by Gasteiger charge is -2.25. The molecular formula is C18H24FN5O. The van der Waals surface area contributed by atoms with E-state index in [1.807, 2.05) is 19.0 Å². The van der Waals surface area contributed by atoms with Gasteiger partial charge in [-0.1, -0.05) is 18.2 Å². The minimum Gasteiger partial charge on any atom is -0.332 e. The molecule has 0 unspecified atom stereocenters. The Morgan fingerprint density at radius 2 is 2.08 bits per heavy atom. The molecule has 0 spiro atoms. The van der Waals surface area contributed by atoms with Gasteiger partial charge < -0.3 is 15.1 Å². The van der Waals surface area contributed by atoms with Crippen molar-refractivity contribution in [2.45, 2.75) is 19.5 Å². The molecule has 2 heterocycles. The lowest BCUT2D eigenvalue weighted by molar-refractivity contribution is 0.0723. The summed E-state index contributed by atoms with van der Waals surface area (Å²) in [4.78, 5) is 16.8. The van der Waals surface area contributed by atoms with Crippen molar-refractivity contribution in [3.63, 3.8) is 0 Å². The molecule has 0 bridgehead atoms. The van der Waals surface area contributed by atoms with Gasteiger partial charge in [-0.25, -0.2) is 4.39 Å². The minimum absolute atomic E-state index is 0.161. The van der Waals surface area contributed by atoms with Crippen LogP contribution in [0.1, 0.15) is 27.3 Å². The first kappa shape index (κ1) is 17.6. The van der Waals surface area contributed by atoms with Gasteiger partial charge in [-0.3, -0.25) is 9.89 Å². The van der Waals surface area contributed by atoms with Crippen molar-refractivity contribution in [3.05, 3.63) is 52.6 Å². The van der Waals surface area contributed by atoms with Crippen LogP contribution >= 0.6 is 0 Å². The van der Waals surface area contributed by atoms with Crippen LogP contribution in [-0.2, 0) is 19.5 Å². The molecule has 2 N–H and O–H groups in total. The molecule has 3 rings (SSSR count). The molecule has 1 amide bonds. The van der Waals surface area contributed by atoms with Gasteiger partial charge in [-0.05, 0) is 20.2 Å². The topological polar surface area (TPSA) is 64.3 Å². The Morgan fingerprint density at radius 1 is 1.28 bits per heavy atom. The number of nitrogens with one attached hydrogen (secondary N) is 2. The number of rotatable bonds is 6. The van der Waals surface area contributed by atoms with E-state index in [0.29, 0.717) is 30.9 Å². The van der Waals surface area contributed by atoms with Gasteiger partial charge in [-0.2, -0.15) is 5.10 Å². The first-order chi connectivity index (χ1) is 12.1. The number of benzene rings is 1. The maximum absolute atomic E-state index is 14.0. The smallest absolute Gasteiger partial charge is 0.275 e. The van der Waals surface area contributed by atoms with E-state index in [0.717, 1.165) is 24.2 Å². The number of hydrogen-bond donors (Lipinski definition) is 2. The molecule has 1 aromatic carbocycles. The summed E-state index contributed by atoms with van der Waals surface area (Å²) in [5.74, 6) is -0.456. The van der Waals surface area contributed by atoms with E-state index in [1.54, 1.807) is 23.1 Å². The van der Waals surface area contributed by atoms with Gasteiger partial charge in [0.1, 0.15) is 5.82 Å². The summed E-state index contributed by atoms with van der Waals surface area (Å²) in [6.45, 7) is 2.95. The van der Waals surface area contributed by atoms with Crippen LogP contribution in [0.4, 0.5) is 4.39 Å². The molecule has 0 atom stereocenters. The molecule has 7 heteroatoms. The van der Waals surface area contributed by atoms with Crippen molar-refractivity contribution < 1.29 is 9.18 Å². The number of aromatic amines is 1. The summed E-state index contributed by atoms with van der Waals surface area (Å²) in [6.07, 6.45) is 0.834. The highest BCUT2D eigenvalue weighted by atomic mass is 19.1. The van der Waals surface area contributed by atoms with Gasteiger partial charge in [0.05, 0.1) is 0 Å². The number of hydrogen-bond acceptors (Lipinski definition) is 4. The molecule has 0 saturated heterocycles. The second-order valence-electron chi connectivity index (χ2n) is 6.58. The molecule has 134 valence electrons. The van der Waals surface area contributed by atoms with E-state index < -0.39 is 0 Å². The largest absolute Gasteiger partial charge is 0.332 e. The molecule has 1 aromatic heterocycles. The fourth-order valence-corrected chi connectivity index (χ4v) is 2.96. The van der Waals surface area contributed by atoms with Crippen molar-refractivity contribution in [2.75, 3.05) is 33.7 Å². The van der Waals surface area contributed by atoms with Crippen LogP contribution < -0.4 is 5.32 Å². The fraction of sp³-hybridized carbons (Fsp3) is 0.444. The maximum atomic E-state index is 14.0. The number of aromatic nitrogens is 2. The second-order valence-corrected chi connectivity index (χ2v) is 6.58. The average Bonchev–Trinajstić information content (AvgIpc) is 3.03. The third kappa shape index (κ3) is 4.05. The van der Waals surface area contributed by atoms with E-state index in [1.165, 1.54) is 6.07 Å². The number of carbonyl (C=O) groups excluding carboxylic acids is 1. The van der Waals surface area contributed by atoms with Crippen LogP contribution in [0.15, 0.2) is 24.3 Å². The number of carbonyl (C=O) groups is 1. The van der Waals surface area contributed by atoms with Gasteiger partial charge >= 0.3 is 0 Å². The summed E-state index contributed by atoms with van der Waals surface area (Å²) in [5, 5.41) is 10.5. The molecule has 1 aliphatic heterocycles. The molecular weight excluding hydrogens is 321 g/mol. The lowest BCUT2D eigenvalue weighted by atomic mass is 10.1. The number of nitrogens with zero attached hydrogens (tertiary/aromatic N) is 3. The molecule has 0 fully saturated rings. The first-order valence-corrected chi connectivity index (χ1v) is 8.50. The zero-order chi connectivity index (χ0) is 17.8. The van der Waals surface area contributed by atoms with Crippen molar-refractivity contribution in [3.8, 4) is 0 Å². The number of H-pyrrole nitrogens is 1. The summed E-state index contributed by atoms with van der Waals surface area (Å²) < 4.78 is 14.0. The summed E-state index contributed by atoms with van der Waals surface area (Å²) in [5.41, 5.74) is 2.90. The SMILES string of the molecule is CN(C)CCN(Cc1ccccc1F)C(=O)c1n[nH]c2c1CNCC2. The lowest BCUT2D eigenvalue weighted by Crippen LogP contribution is -2.37. The number of fused-ring (bicyclic) bond motifs is 1. The van der Waals surface area contributed by atoms with Gasteiger partial charge in [-0.15, -0.1) is 0 Å². The molecule has 1 aliphatic rings. The van der Waals surface area contributed by atoms with Crippen LogP contribution in [0.5, 0.6) is 0 Å². The standard InChI is InChI=1S/C18H24FN5O/c1-23(2)9-10-24(12-13-5-3-4-6-15(13)19)18(25)17-14-11-20-8-7-16(14)21-22-17/h3-6,20H,7-12H2,1-2H3,(H,21,22).